The molecule has 1 saturated carbocycles. The van der Waals surface area contributed by atoms with Crippen LogP contribution in [0, 0.1) is 17.8 Å². The van der Waals surface area contributed by atoms with Gasteiger partial charge < -0.3 is 18.9 Å². The van der Waals surface area contributed by atoms with Crippen molar-refractivity contribution in [3.63, 3.8) is 0 Å². The summed E-state index contributed by atoms with van der Waals surface area (Å²) in [5.74, 6) is 0.0752. The molecule has 43 heavy (non-hydrogen) atoms. The Balaban J connectivity index is 1.31. The molecule has 8 nitrogen and oxygen atoms in total. The van der Waals surface area contributed by atoms with Gasteiger partial charge in [0.05, 0.1) is 11.1 Å². The SMILES string of the molecule is C=CC(=O)OCOc1ccc(C(=O)Oc2ccc(C(=O)Oc3ccc(/C=C4/C(=O)[C@@H](C(C)C)CCC4C)cc3)cc2)cc1. The average molecular weight is 583 g/mol. The second-order valence-corrected chi connectivity index (χ2v) is 10.6. The molecule has 1 aliphatic rings. The summed E-state index contributed by atoms with van der Waals surface area (Å²) in [4.78, 5) is 49.2. The number of Topliss-reactive ketones (excluding diaryl/α,β-unsaturated/α-hetero) is 1. The maximum absolute atomic E-state index is 13.0. The first kappa shape index (κ1) is 31.0. The minimum Gasteiger partial charge on any atom is -0.457 e. The second-order valence-electron chi connectivity index (χ2n) is 10.6. The molecule has 0 saturated heterocycles. The van der Waals surface area contributed by atoms with E-state index in [1.807, 2.05) is 18.2 Å². The van der Waals surface area contributed by atoms with Crippen LogP contribution < -0.4 is 14.2 Å². The number of allylic oxidation sites excluding steroid dienone is 1. The van der Waals surface area contributed by atoms with Crippen molar-refractivity contribution >= 4 is 29.8 Å². The Kier molecular flexibility index (Phi) is 10.3. The van der Waals surface area contributed by atoms with Crippen LogP contribution in [0.2, 0.25) is 0 Å². The van der Waals surface area contributed by atoms with Gasteiger partial charge in [0.1, 0.15) is 17.2 Å². The number of carbonyl (C=O) groups excluding carboxylic acids is 4. The van der Waals surface area contributed by atoms with Crippen LogP contribution in [-0.4, -0.2) is 30.5 Å². The van der Waals surface area contributed by atoms with E-state index >= 15 is 0 Å². The summed E-state index contributed by atoms with van der Waals surface area (Å²) in [6.07, 6.45) is 4.89. The van der Waals surface area contributed by atoms with E-state index in [4.69, 9.17) is 18.9 Å². The predicted octanol–water partition coefficient (Wildman–Crippen LogP) is 6.85. The van der Waals surface area contributed by atoms with E-state index < -0.39 is 17.9 Å². The second kappa shape index (κ2) is 14.3. The van der Waals surface area contributed by atoms with Crippen LogP contribution in [0.25, 0.3) is 6.08 Å². The van der Waals surface area contributed by atoms with Gasteiger partial charge >= 0.3 is 17.9 Å². The molecule has 3 aromatic carbocycles. The topological polar surface area (TPSA) is 105 Å². The number of carbonyl (C=O) groups is 4. The molecular weight excluding hydrogens is 548 g/mol. The first-order valence-corrected chi connectivity index (χ1v) is 14.1. The van der Waals surface area contributed by atoms with Crippen LogP contribution in [0.3, 0.4) is 0 Å². The fourth-order valence-corrected chi connectivity index (χ4v) is 4.73. The number of hydrogen-bond acceptors (Lipinski definition) is 8. The Morgan fingerprint density at radius 3 is 1.84 bits per heavy atom. The summed E-state index contributed by atoms with van der Waals surface area (Å²) in [7, 11) is 0. The van der Waals surface area contributed by atoms with Gasteiger partial charge in [0.2, 0.25) is 6.79 Å². The lowest BCUT2D eigenvalue weighted by Gasteiger charge is -2.30. The summed E-state index contributed by atoms with van der Waals surface area (Å²) >= 11 is 0. The first-order valence-electron chi connectivity index (χ1n) is 14.1. The largest absolute Gasteiger partial charge is 0.457 e. The van der Waals surface area contributed by atoms with Crippen molar-refractivity contribution in [3.05, 3.63) is 108 Å². The van der Waals surface area contributed by atoms with E-state index in [-0.39, 0.29) is 41.3 Å². The fraction of sp³-hybridized carbons (Fsp3) is 0.257. The van der Waals surface area contributed by atoms with Crippen LogP contribution in [0.1, 0.15) is 59.9 Å². The minimum absolute atomic E-state index is 0.0625. The van der Waals surface area contributed by atoms with Crippen molar-refractivity contribution in [3.8, 4) is 17.2 Å². The molecule has 3 aromatic rings. The van der Waals surface area contributed by atoms with E-state index in [1.54, 1.807) is 24.3 Å². The van der Waals surface area contributed by atoms with E-state index in [0.717, 1.165) is 30.1 Å². The molecule has 0 N–H and O–H groups in total. The van der Waals surface area contributed by atoms with Crippen LogP contribution in [0.15, 0.2) is 91.0 Å². The van der Waals surface area contributed by atoms with E-state index in [9.17, 15) is 19.2 Å². The van der Waals surface area contributed by atoms with Crippen molar-refractivity contribution in [1.29, 1.82) is 0 Å². The van der Waals surface area contributed by atoms with Gasteiger partial charge in [0, 0.05) is 12.0 Å². The molecule has 1 aliphatic carbocycles. The van der Waals surface area contributed by atoms with Crippen LogP contribution in [0.5, 0.6) is 17.2 Å². The molecule has 222 valence electrons. The lowest BCUT2D eigenvalue weighted by molar-refractivity contribution is -0.144. The summed E-state index contributed by atoms with van der Waals surface area (Å²) in [5, 5.41) is 0. The van der Waals surface area contributed by atoms with E-state index in [1.165, 1.54) is 36.4 Å². The Morgan fingerprint density at radius 2 is 1.33 bits per heavy atom. The molecule has 4 rings (SSSR count). The molecule has 1 unspecified atom stereocenters. The number of hydrogen-bond donors (Lipinski definition) is 0. The minimum atomic E-state index is -0.606. The third kappa shape index (κ3) is 8.29. The summed E-state index contributed by atoms with van der Waals surface area (Å²) < 4.78 is 20.9. The maximum atomic E-state index is 13.0. The van der Waals surface area contributed by atoms with Gasteiger partial charge in [-0.15, -0.1) is 0 Å². The molecule has 0 amide bonds. The van der Waals surface area contributed by atoms with Gasteiger partial charge in [-0.25, -0.2) is 14.4 Å². The molecule has 0 aliphatic heterocycles. The van der Waals surface area contributed by atoms with Gasteiger partial charge in [0.15, 0.2) is 5.78 Å². The molecular formula is C35H34O8. The highest BCUT2D eigenvalue weighted by Gasteiger charge is 2.32. The highest BCUT2D eigenvalue weighted by molar-refractivity contribution is 6.02. The van der Waals surface area contributed by atoms with Gasteiger partial charge in [-0.05, 0) is 103 Å². The van der Waals surface area contributed by atoms with Crippen molar-refractivity contribution in [1.82, 2.24) is 0 Å². The van der Waals surface area contributed by atoms with Gasteiger partial charge in [-0.3, -0.25) is 4.79 Å². The molecule has 0 bridgehead atoms. The number of ketones is 1. The van der Waals surface area contributed by atoms with E-state index in [0.29, 0.717) is 17.4 Å². The maximum Gasteiger partial charge on any atom is 0.343 e. The van der Waals surface area contributed by atoms with Crippen molar-refractivity contribution in [2.45, 2.75) is 33.6 Å². The molecule has 2 atom stereocenters. The van der Waals surface area contributed by atoms with Crippen LogP contribution in [-0.2, 0) is 14.3 Å². The first-order chi connectivity index (χ1) is 20.6. The van der Waals surface area contributed by atoms with Crippen molar-refractivity contribution in [2.75, 3.05) is 6.79 Å². The normalized spacial score (nSPS) is 17.3. The Bertz CT molecular complexity index is 1500. The predicted molar refractivity (Wildman–Crippen MR) is 161 cm³/mol. The summed E-state index contributed by atoms with van der Waals surface area (Å²) in [5.41, 5.74) is 2.29. The van der Waals surface area contributed by atoms with Crippen molar-refractivity contribution < 1.29 is 38.1 Å². The third-order valence-electron chi connectivity index (χ3n) is 7.26. The number of esters is 3. The number of benzene rings is 3. The Labute approximate surface area is 250 Å². The zero-order valence-corrected chi connectivity index (χ0v) is 24.4. The number of ether oxygens (including phenoxy) is 4. The summed E-state index contributed by atoms with van der Waals surface area (Å²) in [6.45, 7) is 9.28. The zero-order valence-electron chi connectivity index (χ0n) is 24.4. The lowest BCUT2D eigenvalue weighted by Crippen LogP contribution is -2.30. The molecule has 0 heterocycles. The van der Waals surface area contributed by atoms with Crippen LogP contribution >= 0.6 is 0 Å². The highest BCUT2D eigenvalue weighted by Crippen LogP contribution is 2.35. The quantitative estimate of drug-likeness (QED) is 0.111. The van der Waals surface area contributed by atoms with Gasteiger partial charge in [-0.1, -0.05) is 39.5 Å². The Morgan fingerprint density at radius 1 is 0.814 bits per heavy atom. The molecule has 0 radical (unpaired) electrons. The standard InChI is InChI=1S/C35H34O8/c1-5-32(36)41-21-40-27-15-9-25(10-16-27)34(38)43-29-17-11-26(12-18-29)35(39)42-28-13-7-24(8-14-28)20-31-23(4)6-19-30(22(2)3)33(31)37/h5,7-18,20,22-23,30H,1,6,19,21H2,2-4H3/b31-20+/t23?,30-/m1/s1. The smallest absolute Gasteiger partial charge is 0.343 e. The third-order valence-corrected chi connectivity index (χ3v) is 7.26. The summed E-state index contributed by atoms with van der Waals surface area (Å²) in [6, 6.07) is 19.2. The molecule has 0 aromatic heterocycles. The van der Waals surface area contributed by atoms with Crippen LogP contribution in [0.4, 0.5) is 0 Å². The fourth-order valence-electron chi connectivity index (χ4n) is 4.73. The molecule has 0 spiro atoms. The zero-order chi connectivity index (χ0) is 30.9. The van der Waals surface area contributed by atoms with Gasteiger partial charge in [0.25, 0.3) is 0 Å². The van der Waals surface area contributed by atoms with Crippen molar-refractivity contribution in [2.24, 2.45) is 17.8 Å². The monoisotopic (exact) mass is 582 g/mol. The lowest BCUT2D eigenvalue weighted by atomic mass is 9.73. The van der Waals surface area contributed by atoms with E-state index in [2.05, 4.69) is 27.4 Å². The molecule has 8 heteroatoms. The Hall–Kier alpha value is -4.98. The number of rotatable bonds is 10. The highest BCUT2D eigenvalue weighted by atomic mass is 16.7. The van der Waals surface area contributed by atoms with Gasteiger partial charge in [-0.2, -0.15) is 0 Å². The average Bonchev–Trinajstić information content (AvgIpc) is 3.00. The molecule has 1 fully saturated rings.